The Hall–Kier alpha value is -2.63. The lowest BCUT2D eigenvalue weighted by molar-refractivity contribution is -0.130. The fourth-order valence-electron chi connectivity index (χ4n) is 1.81. The molecule has 0 saturated carbocycles. The summed E-state index contributed by atoms with van der Waals surface area (Å²) in [6.07, 6.45) is 4.55. The number of carbonyl (C=O) groups excluding carboxylic acids is 1. The molecule has 0 radical (unpaired) electrons. The summed E-state index contributed by atoms with van der Waals surface area (Å²) in [7, 11) is 0. The van der Waals surface area contributed by atoms with Crippen LogP contribution in [0.5, 0.6) is 0 Å². The molecule has 22 heavy (non-hydrogen) atoms. The van der Waals surface area contributed by atoms with E-state index in [1.54, 1.807) is 18.3 Å². The molecule has 3 heterocycles. The minimum absolute atomic E-state index is 0.278. The summed E-state index contributed by atoms with van der Waals surface area (Å²) in [5.41, 5.74) is 0.783. The van der Waals surface area contributed by atoms with E-state index in [1.165, 1.54) is 6.20 Å². The number of amides is 1. The second-order valence-electron chi connectivity index (χ2n) is 4.16. The van der Waals surface area contributed by atoms with Crippen LogP contribution in [-0.4, -0.2) is 26.3 Å². The van der Waals surface area contributed by atoms with Gasteiger partial charge in [0.05, 0.1) is 10.5 Å². The van der Waals surface area contributed by atoms with Crippen LogP contribution in [0.3, 0.4) is 0 Å². The molecule has 0 atom stereocenters. The molecule has 8 heteroatoms. The number of nitrogens with zero attached hydrogens (tertiary/aromatic N) is 1. The van der Waals surface area contributed by atoms with Crippen LogP contribution in [0.4, 0.5) is 0 Å². The van der Waals surface area contributed by atoms with Gasteiger partial charge in [-0.3, -0.25) is 9.78 Å². The van der Waals surface area contributed by atoms with Crippen molar-refractivity contribution in [2.45, 2.75) is 0 Å². The number of hydrogen-bond donors (Lipinski definition) is 2. The third-order valence-corrected chi connectivity index (χ3v) is 3.82. The van der Waals surface area contributed by atoms with Crippen molar-refractivity contribution in [3.05, 3.63) is 34.7 Å². The number of carboxylic acids is 1. The van der Waals surface area contributed by atoms with Gasteiger partial charge in [0, 0.05) is 29.8 Å². The summed E-state index contributed by atoms with van der Waals surface area (Å²) >= 11 is 6.06. The van der Waals surface area contributed by atoms with Crippen molar-refractivity contribution >= 4 is 57.2 Å². The van der Waals surface area contributed by atoms with Crippen LogP contribution in [0.15, 0.2) is 27.8 Å². The zero-order valence-corrected chi connectivity index (χ0v) is 12.4. The van der Waals surface area contributed by atoms with Gasteiger partial charge < -0.3 is 14.8 Å². The molecule has 1 aliphatic heterocycles. The van der Waals surface area contributed by atoms with Gasteiger partial charge in [-0.05, 0) is 12.0 Å². The fraction of sp³-hybridized carbons (Fsp3) is 0. The maximum Gasteiger partial charge on any atom is 0.382 e. The standard InChI is InChI=1S/C14H6N2O4S2/c17-11(18)2-1-7-5-15-6-8-3-9(20-12(7)8)4-10-13(19)16-14(21)22-10/h3-6H,(H,17,18)(H,16,19,21). The largest absolute Gasteiger partial charge is 0.472 e. The van der Waals surface area contributed by atoms with Gasteiger partial charge >= 0.3 is 5.97 Å². The number of carbonyl (C=O) groups is 2. The number of pyridine rings is 1. The first-order valence-corrected chi connectivity index (χ1v) is 7.13. The molecule has 2 N–H and O–H groups in total. The van der Waals surface area contributed by atoms with Crippen LogP contribution >= 0.6 is 24.0 Å². The van der Waals surface area contributed by atoms with E-state index in [0.717, 1.165) is 11.8 Å². The summed E-state index contributed by atoms with van der Waals surface area (Å²) in [5.74, 6) is 3.41. The average molecular weight is 330 g/mol. The number of aliphatic carboxylic acids is 1. The van der Waals surface area contributed by atoms with Crippen LogP contribution in [0.2, 0.25) is 0 Å². The molecule has 1 saturated heterocycles. The van der Waals surface area contributed by atoms with Gasteiger partial charge in [-0.25, -0.2) is 4.79 Å². The highest BCUT2D eigenvalue weighted by molar-refractivity contribution is 8.26. The Morgan fingerprint density at radius 2 is 2.32 bits per heavy atom. The molecular weight excluding hydrogens is 324 g/mol. The molecule has 2 aromatic rings. The number of nitrogens with one attached hydrogen (secondary N) is 1. The van der Waals surface area contributed by atoms with Crippen molar-refractivity contribution in [1.82, 2.24) is 10.3 Å². The van der Waals surface area contributed by atoms with Gasteiger partial charge in [-0.2, -0.15) is 0 Å². The van der Waals surface area contributed by atoms with E-state index < -0.39 is 5.97 Å². The van der Waals surface area contributed by atoms with E-state index in [9.17, 15) is 9.59 Å². The summed E-state index contributed by atoms with van der Waals surface area (Å²) in [4.78, 5) is 26.5. The second-order valence-corrected chi connectivity index (χ2v) is 5.88. The molecule has 0 spiro atoms. The Labute approximate surface area is 133 Å². The van der Waals surface area contributed by atoms with Gasteiger partial charge in [0.1, 0.15) is 10.1 Å². The van der Waals surface area contributed by atoms with Crippen LogP contribution in [0, 0.1) is 11.8 Å². The highest BCUT2D eigenvalue weighted by Gasteiger charge is 2.22. The van der Waals surface area contributed by atoms with Crippen molar-refractivity contribution in [3.8, 4) is 11.8 Å². The monoisotopic (exact) mass is 330 g/mol. The van der Waals surface area contributed by atoms with Gasteiger partial charge in [0.2, 0.25) is 0 Å². The summed E-state index contributed by atoms with van der Waals surface area (Å²) in [6, 6.07) is 1.69. The first kappa shape index (κ1) is 14.3. The van der Waals surface area contributed by atoms with Gasteiger partial charge in [0.25, 0.3) is 5.91 Å². The van der Waals surface area contributed by atoms with Crippen molar-refractivity contribution in [2.75, 3.05) is 0 Å². The van der Waals surface area contributed by atoms with Crippen molar-refractivity contribution in [3.63, 3.8) is 0 Å². The van der Waals surface area contributed by atoms with E-state index in [-0.39, 0.29) is 5.91 Å². The highest BCUT2D eigenvalue weighted by Crippen LogP contribution is 2.28. The molecular formula is C14H6N2O4S2. The van der Waals surface area contributed by atoms with Gasteiger partial charge in [-0.15, -0.1) is 0 Å². The predicted octanol–water partition coefficient (Wildman–Crippen LogP) is 1.75. The molecule has 3 rings (SSSR count). The third-order valence-electron chi connectivity index (χ3n) is 2.66. The minimum Gasteiger partial charge on any atom is -0.472 e. The first-order chi connectivity index (χ1) is 10.5. The zero-order valence-electron chi connectivity index (χ0n) is 10.7. The number of thiocarbonyl (C=S) groups is 1. The van der Waals surface area contributed by atoms with Crippen molar-refractivity contribution in [1.29, 1.82) is 0 Å². The van der Waals surface area contributed by atoms with Gasteiger partial charge in [-0.1, -0.05) is 24.0 Å². The molecule has 0 aromatic carbocycles. The van der Waals surface area contributed by atoms with E-state index >= 15 is 0 Å². The maximum absolute atomic E-state index is 11.6. The predicted molar refractivity (Wildman–Crippen MR) is 84.8 cm³/mol. The highest BCUT2D eigenvalue weighted by atomic mass is 32.2. The summed E-state index contributed by atoms with van der Waals surface area (Å²) < 4.78 is 6.02. The topological polar surface area (TPSA) is 92.4 Å². The lowest BCUT2D eigenvalue weighted by atomic mass is 10.2. The number of thioether (sulfide) groups is 1. The minimum atomic E-state index is -1.24. The number of hydrogen-bond acceptors (Lipinski definition) is 6. The molecule has 0 unspecified atom stereocenters. The van der Waals surface area contributed by atoms with Crippen molar-refractivity contribution in [2.24, 2.45) is 0 Å². The number of aromatic nitrogens is 1. The fourth-order valence-corrected chi connectivity index (χ4v) is 2.84. The van der Waals surface area contributed by atoms with Crippen LogP contribution in [-0.2, 0) is 9.59 Å². The van der Waals surface area contributed by atoms with Crippen LogP contribution in [0.1, 0.15) is 11.3 Å². The smallest absolute Gasteiger partial charge is 0.382 e. The zero-order chi connectivity index (χ0) is 15.7. The molecule has 6 nitrogen and oxygen atoms in total. The lowest BCUT2D eigenvalue weighted by Gasteiger charge is -1.91. The number of fused-ring (bicyclic) bond motifs is 1. The van der Waals surface area contributed by atoms with E-state index in [1.807, 2.05) is 5.92 Å². The Morgan fingerprint density at radius 3 is 3.00 bits per heavy atom. The number of carboxylic acid groups (broad SMARTS) is 1. The molecule has 1 amide bonds. The number of rotatable bonds is 1. The van der Waals surface area contributed by atoms with Crippen LogP contribution < -0.4 is 5.32 Å². The Morgan fingerprint density at radius 1 is 1.50 bits per heavy atom. The summed E-state index contributed by atoms with van der Waals surface area (Å²) in [6.45, 7) is 0. The molecule has 1 aliphatic rings. The molecule has 2 aromatic heterocycles. The number of furan rings is 1. The Balaban J connectivity index is 2.04. The van der Waals surface area contributed by atoms with Crippen LogP contribution in [0.25, 0.3) is 17.0 Å². The van der Waals surface area contributed by atoms with E-state index in [4.69, 9.17) is 21.7 Å². The van der Waals surface area contributed by atoms with E-state index in [2.05, 4.69) is 16.2 Å². The first-order valence-electron chi connectivity index (χ1n) is 5.90. The Bertz CT molecular complexity index is 918. The van der Waals surface area contributed by atoms with E-state index in [0.29, 0.717) is 31.5 Å². The van der Waals surface area contributed by atoms with Gasteiger partial charge in [0.15, 0.2) is 5.58 Å². The normalized spacial score (nSPS) is 15.7. The lowest BCUT2D eigenvalue weighted by Crippen LogP contribution is -2.17. The second kappa shape index (κ2) is 5.63. The molecule has 1 fully saturated rings. The average Bonchev–Trinajstić information content (AvgIpc) is 2.99. The summed E-state index contributed by atoms with van der Waals surface area (Å²) in [5, 5.41) is 11.8. The quantitative estimate of drug-likeness (QED) is 0.467. The molecule has 0 aliphatic carbocycles. The third kappa shape index (κ3) is 2.86. The maximum atomic E-state index is 11.6. The van der Waals surface area contributed by atoms with Crippen molar-refractivity contribution < 1.29 is 19.1 Å². The molecule has 0 bridgehead atoms. The Kier molecular flexibility index (Phi) is 3.66. The SMILES string of the molecule is O=C(O)C#Cc1cncc2cc(C=C3SC(=S)NC3=O)oc12. The molecule has 108 valence electrons.